The Labute approximate surface area is 189 Å². The highest BCUT2D eigenvalue weighted by atomic mass is 19.4. The lowest BCUT2D eigenvalue weighted by molar-refractivity contribution is -0.137. The molecule has 174 valence electrons. The van der Waals surface area contributed by atoms with Crippen LogP contribution < -0.4 is 9.64 Å². The summed E-state index contributed by atoms with van der Waals surface area (Å²) in [4.78, 5) is 14.5. The lowest BCUT2D eigenvalue weighted by Crippen LogP contribution is -2.25. The van der Waals surface area contributed by atoms with Crippen molar-refractivity contribution in [3.63, 3.8) is 0 Å². The molecule has 3 aromatic rings. The van der Waals surface area contributed by atoms with Crippen molar-refractivity contribution in [2.24, 2.45) is 0 Å². The van der Waals surface area contributed by atoms with Crippen molar-refractivity contribution in [2.75, 3.05) is 18.6 Å². The van der Waals surface area contributed by atoms with Crippen molar-refractivity contribution in [1.82, 2.24) is 15.0 Å². The first-order valence-electron chi connectivity index (χ1n) is 10.7. The van der Waals surface area contributed by atoms with Gasteiger partial charge in [0.05, 0.1) is 24.4 Å². The van der Waals surface area contributed by atoms with Crippen molar-refractivity contribution >= 4 is 5.82 Å². The first-order valence-corrected chi connectivity index (χ1v) is 10.7. The van der Waals surface area contributed by atoms with Crippen molar-refractivity contribution in [2.45, 2.75) is 44.8 Å². The van der Waals surface area contributed by atoms with E-state index < -0.39 is 17.6 Å². The topological polar surface area (TPSA) is 51.1 Å². The molecule has 0 amide bonds. The van der Waals surface area contributed by atoms with Gasteiger partial charge in [0.1, 0.15) is 6.33 Å². The van der Waals surface area contributed by atoms with Gasteiger partial charge in [-0.3, -0.25) is 0 Å². The van der Waals surface area contributed by atoms with Gasteiger partial charge in [-0.25, -0.2) is 19.3 Å². The Kier molecular flexibility index (Phi) is 6.49. The van der Waals surface area contributed by atoms with E-state index in [1.807, 2.05) is 24.0 Å². The predicted molar refractivity (Wildman–Crippen MR) is 116 cm³/mol. The average Bonchev–Trinajstić information content (AvgIpc) is 3.28. The fourth-order valence-corrected chi connectivity index (χ4v) is 4.21. The normalized spacial score (nSPS) is 16.3. The molecule has 1 aliphatic heterocycles. The second-order valence-electron chi connectivity index (χ2n) is 8.05. The van der Waals surface area contributed by atoms with Crippen LogP contribution in [0.5, 0.6) is 5.88 Å². The molecule has 3 heterocycles. The number of hydrogen-bond acceptors (Lipinski definition) is 5. The van der Waals surface area contributed by atoms with Crippen molar-refractivity contribution < 1.29 is 22.3 Å². The Morgan fingerprint density at radius 3 is 2.52 bits per heavy atom. The van der Waals surface area contributed by atoms with Crippen molar-refractivity contribution in [1.29, 1.82) is 0 Å². The maximum atomic E-state index is 15.4. The Morgan fingerprint density at radius 2 is 1.82 bits per heavy atom. The zero-order valence-electron chi connectivity index (χ0n) is 18.4. The van der Waals surface area contributed by atoms with Crippen LogP contribution in [0.15, 0.2) is 42.7 Å². The number of aryl methyl sites for hydroxylation is 3. The molecule has 0 saturated carbocycles. The summed E-state index contributed by atoms with van der Waals surface area (Å²) in [6, 6.07) is 8.59. The lowest BCUT2D eigenvalue weighted by Gasteiger charge is -2.27. The Hall–Kier alpha value is -3.23. The van der Waals surface area contributed by atoms with Gasteiger partial charge in [0.2, 0.25) is 5.88 Å². The molecule has 1 aromatic carbocycles. The van der Waals surface area contributed by atoms with Gasteiger partial charge < -0.3 is 9.64 Å². The van der Waals surface area contributed by atoms with Crippen LogP contribution in [-0.2, 0) is 19.0 Å². The molecule has 1 fully saturated rings. The van der Waals surface area contributed by atoms with Gasteiger partial charge in [0, 0.05) is 17.8 Å². The van der Waals surface area contributed by atoms with Gasteiger partial charge in [0.15, 0.2) is 11.6 Å². The molecule has 0 radical (unpaired) electrons. The van der Waals surface area contributed by atoms with E-state index in [0.29, 0.717) is 37.3 Å². The number of rotatable bonds is 6. The number of halogens is 4. The summed E-state index contributed by atoms with van der Waals surface area (Å²) in [5, 5.41) is 0. The molecule has 0 aliphatic carbocycles. The van der Waals surface area contributed by atoms with Crippen LogP contribution in [0.25, 0.3) is 0 Å². The molecule has 1 unspecified atom stereocenters. The molecule has 0 bridgehead atoms. The van der Waals surface area contributed by atoms with Crippen molar-refractivity contribution in [3.05, 3.63) is 76.6 Å². The number of hydrogen-bond donors (Lipinski definition) is 0. The number of aromatic nitrogens is 3. The fraction of sp³-hybridized carbons (Fsp3) is 0.375. The van der Waals surface area contributed by atoms with Gasteiger partial charge in [-0.15, -0.1) is 0 Å². The van der Waals surface area contributed by atoms with Gasteiger partial charge >= 0.3 is 6.18 Å². The van der Waals surface area contributed by atoms with Crippen LogP contribution in [0.1, 0.15) is 47.0 Å². The average molecular weight is 460 g/mol. The van der Waals surface area contributed by atoms with Gasteiger partial charge in [-0.05, 0) is 56.4 Å². The van der Waals surface area contributed by atoms with E-state index in [4.69, 9.17) is 4.74 Å². The number of nitrogens with zero attached hydrogens (tertiary/aromatic N) is 4. The summed E-state index contributed by atoms with van der Waals surface area (Å²) in [6.45, 7) is 2.43. The number of alkyl halides is 3. The molecule has 2 aromatic heterocycles. The van der Waals surface area contributed by atoms with Crippen LogP contribution >= 0.6 is 0 Å². The number of anilines is 1. The number of methoxy groups -OCH3 is 1. The molecule has 4 rings (SSSR count). The SMILES string of the molecule is COc1nc(C)ccc1CCc1ncnc(N2CCCC2c2ccc(C(F)(F)F)cc2)c1F. The molecule has 33 heavy (non-hydrogen) atoms. The van der Waals surface area contributed by atoms with Crippen LogP contribution in [-0.4, -0.2) is 28.6 Å². The van der Waals surface area contributed by atoms with Crippen LogP contribution in [0, 0.1) is 12.7 Å². The third-order valence-corrected chi connectivity index (χ3v) is 5.89. The first-order chi connectivity index (χ1) is 15.8. The molecule has 9 heteroatoms. The maximum Gasteiger partial charge on any atom is 0.416 e. The molecular formula is C24H24F4N4O. The highest BCUT2D eigenvalue weighted by molar-refractivity contribution is 5.46. The Balaban J connectivity index is 1.55. The minimum absolute atomic E-state index is 0.177. The third kappa shape index (κ3) is 4.91. The molecule has 0 N–H and O–H groups in total. The Bertz CT molecular complexity index is 1120. The number of benzene rings is 1. The third-order valence-electron chi connectivity index (χ3n) is 5.89. The summed E-state index contributed by atoms with van der Waals surface area (Å²) >= 11 is 0. The first kappa shape index (κ1) is 22.9. The summed E-state index contributed by atoms with van der Waals surface area (Å²) in [5.41, 5.74) is 1.96. The maximum absolute atomic E-state index is 15.4. The van der Waals surface area contributed by atoms with E-state index in [2.05, 4.69) is 15.0 Å². The van der Waals surface area contributed by atoms with E-state index in [-0.39, 0.29) is 17.6 Å². The quantitative estimate of drug-likeness (QED) is 0.457. The smallest absolute Gasteiger partial charge is 0.416 e. The fourth-order valence-electron chi connectivity index (χ4n) is 4.21. The summed E-state index contributed by atoms with van der Waals surface area (Å²) in [7, 11) is 1.55. The lowest BCUT2D eigenvalue weighted by atomic mass is 10.0. The molecule has 1 atom stereocenters. The van der Waals surface area contributed by atoms with Gasteiger partial charge in [0.25, 0.3) is 0 Å². The summed E-state index contributed by atoms with van der Waals surface area (Å²) < 4.78 is 59.5. The van der Waals surface area contributed by atoms with E-state index in [9.17, 15) is 13.2 Å². The second kappa shape index (κ2) is 9.33. The largest absolute Gasteiger partial charge is 0.481 e. The van der Waals surface area contributed by atoms with Crippen LogP contribution in [0.2, 0.25) is 0 Å². The Morgan fingerprint density at radius 1 is 1.06 bits per heavy atom. The minimum Gasteiger partial charge on any atom is -0.481 e. The van der Waals surface area contributed by atoms with Crippen LogP contribution in [0.4, 0.5) is 23.4 Å². The molecule has 1 aliphatic rings. The van der Waals surface area contributed by atoms with E-state index in [1.54, 1.807) is 7.11 Å². The van der Waals surface area contributed by atoms with Crippen molar-refractivity contribution in [3.8, 4) is 5.88 Å². The van der Waals surface area contributed by atoms with E-state index in [0.717, 1.165) is 29.8 Å². The number of ether oxygens (including phenoxy) is 1. The van der Waals surface area contributed by atoms with E-state index in [1.165, 1.54) is 18.5 Å². The predicted octanol–water partition coefficient (Wildman–Crippen LogP) is 5.47. The van der Waals surface area contributed by atoms with E-state index >= 15 is 4.39 Å². The molecular weight excluding hydrogens is 436 g/mol. The monoisotopic (exact) mass is 460 g/mol. The second-order valence-corrected chi connectivity index (χ2v) is 8.05. The van der Waals surface area contributed by atoms with Gasteiger partial charge in [-0.2, -0.15) is 13.2 Å². The standard InChI is InChI=1S/C24H24F4N4O/c1-15-5-6-17(23(31-15)33-2)9-12-19-21(25)22(30-14-29-19)32-13-3-4-20(32)16-7-10-18(11-8-16)24(26,27)28/h5-8,10-11,14,20H,3-4,9,12-13H2,1-2H3. The molecule has 5 nitrogen and oxygen atoms in total. The highest BCUT2D eigenvalue weighted by Gasteiger charge is 2.33. The zero-order chi connectivity index (χ0) is 23.6. The molecule has 1 saturated heterocycles. The summed E-state index contributed by atoms with van der Waals surface area (Å²) in [5.74, 6) is 0.179. The van der Waals surface area contributed by atoms with Crippen LogP contribution in [0.3, 0.4) is 0 Å². The number of pyridine rings is 1. The minimum atomic E-state index is -4.39. The highest BCUT2D eigenvalue weighted by Crippen LogP contribution is 2.38. The summed E-state index contributed by atoms with van der Waals surface area (Å²) in [6.07, 6.45) is -0.738. The zero-order valence-corrected chi connectivity index (χ0v) is 18.4. The van der Waals surface area contributed by atoms with Gasteiger partial charge in [-0.1, -0.05) is 18.2 Å². The molecule has 0 spiro atoms.